The molecule has 23 heavy (non-hydrogen) atoms. The van der Waals surface area contributed by atoms with Gasteiger partial charge >= 0.3 is 0 Å². The van der Waals surface area contributed by atoms with E-state index in [4.69, 9.17) is 9.15 Å². The molecule has 0 spiro atoms. The zero-order valence-corrected chi connectivity index (χ0v) is 15.5. The van der Waals surface area contributed by atoms with E-state index in [0.29, 0.717) is 0 Å². The molecule has 0 radical (unpaired) electrons. The second-order valence-electron chi connectivity index (χ2n) is 5.97. The van der Waals surface area contributed by atoms with E-state index in [1.165, 1.54) is 0 Å². The molecule has 1 aliphatic rings. The maximum atomic E-state index is 5.68. The Balaban J connectivity index is 1.91. The molecule has 2 N–H and O–H groups in total. The van der Waals surface area contributed by atoms with E-state index in [-0.39, 0.29) is 10.8 Å². The molecule has 2 rings (SSSR count). The van der Waals surface area contributed by atoms with Crippen LogP contribution in [0.25, 0.3) is 0 Å². The summed E-state index contributed by atoms with van der Waals surface area (Å²) in [5, 5.41) is 6.89. The lowest BCUT2D eigenvalue weighted by atomic mass is 9.99. The van der Waals surface area contributed by atoms with Gasteiger partial charge in [0.05, 0.1) is 6.04 Å². The van der Waals surface area contributed by atoms with E-state index in [1.807, 2.05) is 30.8 Å². The molecule has 6 heteroatoms. The Hall–Kier alpha value is -1.14. The smallest absolute Gasteiger partial charge is 0.191 e. The number of thioether (sulfide) groups is 1. The maximum Gasteiger partial charge on any atom is 0.191 e. The second kappa shape index (κ2) is 8.64. The number of aryl methyl sites for hydroxylation is 1. The van der Waals surface area contributed by atoms with Crippen molar-refractivity contribution in [3.63, 3.8) is 0 Å². The lowest BCUT2D eigenvalue weighted by Gasteiger charge is -2.37. The van der Waals surface area contributed by atoms with Crippen LogP contribution in [0.2, 0.25) is 0 Å². The molecule has 0 amide bonds. The van der Waals surface area contributed by atoms with Gasteiger partial charge in [0, 0.05) is 31.6 Å². The zero-order valence-electron chi connectivity index (χ0n) is 14.6. The van der Waals surface area contributed by atoms with E-state index in [0.717, 1.165) is 55.8 Å². The predicted octanol–water partition coefficient (Wildman–Crippen LogP) is 3.12. The number of aliphatic imine (C=N–C) groups is 1. The van der Waals surface area contributed by atoms with Gasteiger partial charge in [0.15, 0.2) is 5.96 Å². The first-order valence-electron chi connectivity index (χ1n) is 8.34. The van der Waals surface area contributed by atoms with Crippen LogP contribution in [0.5, 0.6) is 0 Å². The highest BCUT2D eigenvalue weighted by Gasteiger charge is 2.32. The van der Waals surface area contributed by atoms with Crippen LogP contribution in [0.4, 0.5) is 0 Å². The summed E-state index contributed by atoms with van der Waals surface area (Å²) in [6, 6.07) is 4.07. The molecule has 0 aliphatic carbocycles. The van der Waals surface area contributed by atoms with Crippen LogP contribution >= 0.6 is 11.8 Å². The fraction of sp³-hybridized carbons (Fsp3) is 0.706. The van der Waals surface area contributed by atoms with Crippen LogP contribution in [0.3, 0.4) is 0 Å². The SMILES string of the molecule is CCSC1(CNC(=NC)NC(C)c2ccc(C)o2)CCOCC1. The molecule has 1 fully saturated rings. The van der Waals surface area contributed by atoms with Gasteiger partial charge in [-0.15, -0.1) is 0 Å². The Kier molecular flexibility index (Phi) is 6.84. The van der Waals surface area contributed by atoms with Crippen molar-refractivity contribution in [2.75, 3.05) is 32.6 Å². The standard InChI is InChI=1S/C17H29N3O2S/c1-5-23-17(8-10-21-11-9-17)12-19-16(18-4)20-14(3)15-7-6-13(2)22-15/h6-7,14H,5,8-12H2,1-4H3,(H2,18,19,20). The van der Waals surface area contributed by atoms with Crippen LogP contribution in [-0.4, -0.2) is 43.3 Å². The monoisotopic (exact) mass is 339 g/mol. The van der Waals surface area contributed by atoms with Gasteiger partial charge in [-0.1, -0.05) is 6.92 Å². The van der Waals surface area contributed by atoms with Crippen LogP contribution in [0, 0.1) is 6.92 Å². The Morgan fingerprint density at radius 1 is 1.39 bits per heavy atom. The molecule has 1 atom stereocenters. The number of hydrogen-bond acceptors (Lipinski definition) is 4. The number of guanidine groups is 1. The van der Waals surface area contributed by atoms with Crippen molar-refractivity contribution in [3.8, 4) is 0 Å². The Morgan fingerprint density at radius 2 is 2.13 bits per heavy atom. The van der Waals surface area contributed by atoms with Gasteiger partial charge in [-0.3, -0.25) is 4.99 Å². The molecule has 0 saturated carbocycles. The molecule has 130 valence electrons. The second-order valence-corrected chi connectivity index (χ2v) is 7.70. The Bertz CT molecular complexity index is 504. The third-order valence-electron chi connectivity index (χ3n) is 4.20. The van der Waals surface area contributed by atoms with Crippen molar-refractivity contribution in [1.82, 2.24) is 10.6 Å². The van der Waals surface area contributed by atoms with Gasteiger partial charge in [-0.05, 0) is 44.6 Å². The molecule has 1 aromatic rings. The van der Waals surface area contributed by atoms with Gasteiger partial charge in [-0.2, -0.15) is 11.8 Å². The minimum Gasteiger partial charge on any atom is -0.464 e. The molecule has 0 aromatic carbocycles. The molecule has 1 unspecified atom stereocenters. The first kappa shape index (κ1) is 18.2. The zero-order chi connectivity index (χ0) is 16.7. The third kappa shape index (κ3) is 5.18. The summed E-state index contributed by atoms with van der Waals surface area (Å²) in [6.07, 6.45) is 2.17. The van der Waals surface area contributed by atoms with E-state index in [1.54, 1.807) is 7.05 Å². The van der Waals surface area contributed by atoms with Crippen LogP contribution in [0.15, 0.2) is 21.5 Å². The summed E-state index contributed by atoms with van der Waals surface area (Å²) in [7, 11) is 1.80. The molecular weight excluding hydrogens is 310 g/mol. The summed E-state index contributed by atoms with van der Waals surface area (Å²) in [5.41, 5.74) is 0. The lowest BCUT2D eigenvalue weighted by molar-refractivity contribution is 0.0782. The first-order chi connectivity index (χ1) is 11.1. The van der Waals surface area contributed by atoms with Crippen molar-refractivity contribution in [2.45, 2.75) is 44.4 Å². The molecule has 1 aromatic heterocycles. The fourth-order valence-corrected chi connectivity index (χ4v) is 4.07. The van der Waals surface area contributed by atoms with Gasteiger partial charge in [0.25, 0.3) is 0 Å². The molecule has 0 bridgehead atoms. The lowest BCUT2D eigenvalue weighted by Crippen LogP contribution is -2.48. The summed E-state index contributed by atoms with van der Waals surface area (Å²) < 4.78 is 11.5. The number of furan rings is 1. The van der Waals surface area contributed by atoms with Crippen LogP contribution in [-0.2, 0) is 4.74 Å². The van der Waals surface area contributed by atoms with Gasteiger partial charge in [0.2, 0.25) is 0 Å². The van der Waals surface area contributed by atoms with Crippen molar-refractivity contribution >= 4 is 17.7 Å². The van der Waals surface area contributed by atoms with E-state index in [9.17, 15) is 0 Å². The Labute approximate surface area is 143 Å². The number of ether oxygens (including phenoxy) is 1. The Morgan fingerprint density at radius 3 is 2.70 bits per heavy atom. The van der Waals surface area contributed by atoms with Crippen molar-refractivity contribution in [1.29, 1.82) is 0 Å². The minimum absolute atomic E-state index is 0.0827. The highest BCUT2D eigenvalue weighted by Crippen LogP contribution is 2.34. The minimum atomic E-state index is 0.0827. The molecule has 2 heterocycles. The topological polar surface area (TPSA) is 58.8 Å². The normalized spacial score (nSPS) is 19.4. The van der Waals surface area contributed by atoms with Crippen molar-refractivity contribution in [2.24, 2.45) is 4.99 Å². The first-order valence-corrected chi connectivity index (χ1v) is 9.32. The number of nitrogens with one attached hydrogen (secondary N) is 2. The van der Waals surface area contributed by atoms with Crippen molar-refractivity contribution < 1.29 is 9.15 Å². The summed E-state index contributed by atoms with van der Waals surface area (Å²) in [4.78, 5) is 4.35. The predicted molar refractivity (Wildman–Crippen MR) is 97.3 cm³/mol. The highest BCUT2D eigenvalue weighted by atomic mass is 32.2. The summed E-state index contributed by atoms with van der Waals surface area (Å²) >= 11 is 2.03. The quantitative estimate of drug-likeness (QED) is 0.616. The molecule has 5 nitrogen and oxygen atoms in total. The maximum absolute atomic E-state index is 5.68. The molecule has 1 saturated heterocycles. The highest BCUT2D eigenvalue weighted by molar-refractivity contribution is 8.00. The average Bonchev–Trinajstić information content (AvgIpc) is 2.99. The van der Waals surface area contributed by atoms with E-state index in [2.05, 4.69) is 29.5 Å². The van der Waals surface area contributed by atoms with Crippen LogP contribution in [0.1, 0.15) is 44.3 Å². The number of rotatable bonds is 6. The van der Waals surface area contributed by atoms with E-state index >= 15 is 0 Å². The molecule has 1 aliphatic heterocycles. The third-order valence-corrected chi connectivity index (χ3v) is 5.65. The van der Waals surface area contributed by atoms with E-state index < -0.39 is 0 Å². The van der Waals surface area contributed by atoms with Crippen molar-refractivity contribution in [3.05, 3.63) is 23.7 Å². The fourth-order valence-electron chi connectivity index (χ4n) is 2.82. The van der Waals surface area contributed by atoms with Gasteiger partial charge in [-0.25, -0.2) is 0 Å². The molecular formula is C17H29N3O2S. The largest absolute Gasteiger partial charge is 0.464 e. The van der Waals surface area contributed by atoms with Gasteiger partial charge in [0.1, 0.15) is 11.5 Å². The van der Waals surface area contributed by atoms with Crippen LogP contribution < -0.4 is 10.6 Å². The number of hydrogen-bond donors (Lipinski definition) is 2. The average molecular weight is 340 g/mol. The summed E-state index contributed by atoms with van der Waals surface area (Å²) in [5.74, 6) is 3.79. The van der Waals surface area contributed by atoms with Gasteiger partial charge < -0.3 is 19.8 Å². The summed E-state index contributed by atoms with van der Waals surface area (Å²) in [6.45, 7) is 8.86. The number of nitrogens with zero attached hydrogens (tertiary/aromatic N) is 1.